The van der Waals surface area contributed by atoms with Crippen molar-refractivity contribution in [3.63, 3.8) is 0 Å². The molecule has 4 heterocycles. The van der Waals surface area contributed by atoms with Gasteiger partial charge in [0.25, 0.3) is 0 Å². The number of fused-ring (bicyclic) bond motifs is 2. The molecule has 6 heteroatoms. The number of thiophene rings is 1. The summed E-state index contributed by atoms with van der Waals surface area (Å²) in [4.78, 5) is 8.02. The van der Waals surface area contributed by atoms with E-state index in [2.05, 4.69) is 27.4 Å². The van der Waals surface area contributed by atoms with Gasteiger partial charge in [0.15, 0.2) is 0 Å². The van der Waals surface area contributed by atoms with Crippen LogP contribution >= 0.6 is 11.3 Å². The number of rotatable bonds is 1. The van der Waals surface area contributed by atoms with Gasteiger partial charge >= 0.3 is 0 Å². The molecule has 2 aromatic heterocycles. The van der Waals surface area contributed by atoms with Crippen LogP contribution in [0, 0.1) is 11.3 Å². The van der Waals surface area contributed by atoms with Crippen LogP contribution in [-0.2, 0) is 16.8 Å². The van der Waals surface area contributed by atoms with Crippen molar-refractivity contribution in [2.45, 2.75) is 24.9 Å². The Hall–Kier alpha value is -2.10. The van der Waals surface area contributed by atoms with Crippen molar-refractivity contribution in [3.8, 4) is 6.07 Å². The number of pyridine rings is 1. The average Bonchev–Trinajstić information content (AvgIpc) is 3.06. The zero-order valence-corrected chi connectivity index (χ0v) is 13.6. The Bertz CT molecular complexity index is 771. The molecule has 0 aromatic carbocycles. The van der Waals surface area contributed by atoms with Crippen LogP contribution in [0.5, 0.6) is 0 Å². The zero-order chi connectivity index (χ0) is 15.9. The number of nitriles is 1. The molecule has 23 heavy (non-hydrogen) atoms. The second kappa shape index (κ2) is 5.52. The molecule has 1 spiro atoms. The van der Waals surface area contributed by atoms with Crippen LogP contribution in [0.3, 0.4) is 0 Å². The molecule has 1 fully saturated rings. The Labute approximate surface area is 139 Å². The first-order chi connectivity index (χ1) is 11.2. The van der Waals surface area contributed by atoms with Gasteiger partial charge in [0.05, 0.1) is 12.2 Å². The second-order valence-corrected chi connectivity index (χ2v) is 6.98. The number of nitrogen functional groups attached to an aromatic ring is 1. The van der Waals surface area contributed by atoms with E-state index in [1.807, 2.05) is 17.4 Å². The molecule has 2 aliphatic heterocycles. The maximum atomic E-state index is 8.96. The summed E-state index contributed by atoms with van der Waals surface area (Å²) in [6.45, 7) is 2.58. The highest BCUT2D eigenvalue weighted by Gasteiger charge is 2.42. The Balaban J connectivity index is 1.54. The molecule has 0 bridgehead atoms. The molecule has 2 aliphatic rings. The molecular weight excluding hydrogens is 308 g/mol. The van der Waals surface area contributed by atoms with Crippen molar-refractivity contribution in [3.05, 3.63) is 39.6 Å². The van der Waals surface area contributed by atoms with Crippen LogP contribution < -0.4 is 10.6 Å². The summed E-state index contributed by atoms with van der Waals surface area (Å²) in [6.07, 6.45) is 2.95. The summed E-state index contributed by atoms with van der Waals surface area (Å²) in [5.41, 5.74) is 7.61. The SMILES string of the molecule is N#Cc1ccc(N2CCC3(CC2)OCCc2ccsc23)nc1N. The van der Waals surface area contributed by atoms with Crippen LogP contribution in [0.15, 0.2) is 23.6 Å². The summed E-state index contributed by atoms with van der Waals surface area (Å²) in [7, 11) is 0. The van der Waals surface area contributed by atoms with E-state index in [4.69, 9.17) is 15.7 Å². The van der Waals surface area contributed by atoms with Gasteiger partial charge in [0.1, 0.15) is 23.3 Å². The minimum absolute atomic E-state index is 0.115. The van der Waals surface area contributed by atoms with Crippen molar-refractivity contribution in [1.82, 2.24) is 4.98 Å². The van der Waals surface area contributed by atoms with E-state index in [0.717, 1.165) is 44.8 Å². The highest BCUT2D eigenvalue weighted by atomic mass is 32.1. The maximum absolute atomic E-state index is 8.96. The van der Waals surface area contributed by atoms with Crippen molar-refractivity contribution in [2.24, 2.45) is 0 Å². The number of anilines is 2. The lowest BCUT2D eigenvalue weighted by Crippen LogP contribution is -2.46. The first-order valence-corrected chi connectivity index (χ1v) is 8.72. The Morgan fingerprint density at radius 1 is 1.30 bits per heavy atom. The largest absolute Gasteiger partial charge is 0.383 e. The van der Waals surface area contributed by atoms with E-state index in [1.54, 1.807) is 6.07 Å². The van der Waals surface area contributed by atoms with E-state index in [1.165, 1.54) is 10.4 Å². The summed E-state index contributed by atoms with van der Waals surface area (Å²) >= 11 is 1.82. The number of hydrogen-bond donors (Lipinski definition) is 1. The lowest BCUT2D eigenvalue weighted by molar-refractivity contribution is -0.0735. The van der Waals surface area contributed by atoms with Crippen molar-refractivity contribution >= 4 is 23.0 Å². The fraction of sp³-hybridized carbons (Fsp3) is 0.412. The minimum Gasteiger partial charge on any atom is -0.383 e. The monoisotopic (exact) mass is 326 g/mol. The highest BCUT2D eigenvalue weighted by Crippen LogP contribution is 2.44. The smallest absolute Gasteiger partial charge is 0.143 e. The van der Waals surface area contributed by atoms with Gasteiger partial charge in [-0.3, -0.25) is 0 Å². The van der Waals surface area contributed by atoms with E-state index in [9.17, 15) is 0 Å². The first kappa shape index (κ1) is 14.5. The third kappa shape index (κ3) is 2.37. The van der Waals surface area contributed by atoms with Gasteiger partial charge in [0.2, 0.25) is 0 Å². The molecule has 0 amide bonds. The molecule has 2 N–H and O–H groups in total. The van der Waals surface area contributed by atoms with Crippen LogP contribution in [0.4, 0.5) is 11.6 Å². The average molecular weight is 326 g/mol. The first-order valence-electron chi connectivity index (χ1n) is 7.84. The molecule has 1 saturated heterocycles. The Morgan fingerprint density at radius 3 is 2.87 bits per heavy atom. The molecule has 0 radical (unpaired) electrons. The number of nitrogens with two attached hydrogens (primary N) is 1. The molecule has 4 rings (SSSR count). The number of hydrogen-bond acceptors (Lipinski definition) is 6. The molecule has 0 saturated carbocycles. The van der Waals surface area contributed by atoms with E-state index in [0.29, 0.717) is 11.4 Å². The van der Waals surface area contributed by atoms with Crippen molar-refractivity contribution < 1.29 is 4.74 Å². The van der Waals surface area contributed by atoms with E-state index >= 15 is 0 Å². The molecule has 0 atom stereocenters. The normalized spacial score (nSPS) is 19.3. The topological polar surface area (TPSA) is 75.2 Å². The van der Waals surface area contributed by atoms with E-state index < -0.39 is 0 Å². The molecular formula is C17H18N4OS. The minimum atomic E-state index is -0.115. The second-order valence-electron chi connectivity index (χ2n) is 6.07. The molecule has 0 unspecified atom stereocenters. The Morgan fingerprint density at radius 2 is 2.13 bits per heavy atom. The third-order valence-electron chi connectivity index (χ3n) is 4.84. The van der Waals surface area contributed by atoms with Crippen LogP contribution in [0.1, 0.15) is 28.8 Å². The van der Waals surface area contributed by atoms with Gasteiger partial charge in [-0.15, -0.1) is 11.3 Å². The fourth-order valence-electron chi connectivity index (χ4n) is 3.56. The maximum Gasteiger partial charge on any atom is 0.143 e. The quantitative estimate of drug-likeness (QED) is 0.872. The summed E-state index contributed by atoms with van der Waals surface area (Å²) in [5, 5.41) is 11.1. The van der Waals surface area contributed by atoms with Crippen LogP contribution in [0.25, 0.3) is 0 Å². The van der Waals surface area contributed by atoms with Gasteiger partial charge in [-0.25, -0.2) is 4.98 Å². The number of nitrogens with zero attached hydrogens (tertiary/aromatic N) is 3. The summed E-state index contributed by atoms with van der Waals surface area (Å²) in [5.74, 6) is 1.15. The lowest BCUT2D eigenvalue weighted by atomic mass is 9.85. The fourth-order valence-corrected chi connectivity index (χ4v) is 4.73. The van der Waals surface area contributed by atoms with Gasteiger partial charge in [-0.05, 0) is 48.4 Å². The third-order valence-corrected chi connectivity index (χ3v) is 5.98. The summed E-state index contributed by atoms with van der Waals surface area (Å²) in [6, 6.07) is 7.92. The van der Waals surface area contributed by atoms with Crippen LogP contribution in [0.2, 0.25) is 0 Å². The highest BCUT2D eigenvalue weighted by molar-refractivity contribution is 7.10. The number of ether oxygens (including phenoxy) is 1. The molecule has 5 nitrogen and oxygen atoms in total. The van der Waals surface area contributed by atoms with Crippen LogP contribution in [-0.4, -0.2) is 24.7 Å². The van der Waals surface area contributed by atoms with E-state index in [-0.39, 0.29) is 5.60 Å². The predicted octanol–water partition coefficient (Wildman–Crippen LogP) is 2.67. The van der Waals surface area contributed by atoms with Gasteiger partial charge in [0, 0.05) is 18.0 Å². The van der Waals surface area contributed by atoms with Gasteiger partial charge in [-0.1, -0.05) is 0 Å². The summed E-state index contributed by atoms with van der Waals surface area (Å²) < 4.78 is 6.23. The predicted molar refractivity (Wildman–Crippen MR) is 90.5 cm³/mol. The number of piperidine rings is 1. The lowest BCUT2D eigenvalue weighted by Gasteiger charge is -2.44. The zero-order valence-electron chi connectivity index (χ0n) is 12.8. The standard InChI is InChI=1S/C17H18N4OS/c18-11-13-1-2-14(20-16(13)19)21-7-5-17(6-8-21)15-12(3-9-22-17)4-10-23-15/h1-2,4,10H,3,5-9H2,(H2,19,20). The van der Waals surface area contributed by atoms with Crippen molar-refractivity contribution in [1.29, 1.82) is 5.26 Å². The number of aromatic nitrogens is 1. The Kier molecular flexibility index (Phi) is 3.47. The van der Waals surface area contributed by atoms with Gasteiger partial charge in [-0.2, -0.15) is 5.26 Å². The van der Waals surface area contributed by atoms with Crippen molar-refractivity contribution in [2.75, 3.05) is 30.3 Å². The molecule has 2 aromatic rings. The molecule has 0 aliphatic carbocycles. The van der Waals surface area contributed by atoms with Gasteiger partial charge < -0.3 is 15.4 Å². The molecule has 118 valence electrons.